The summed E-state index contributed by atoms with van der Waals surface area (Å²) in [6.07, 6.45) is 2.28. The standard InChI is InChI=1S/C23H29FN4O3S/c1-26(2)11-8-17-16-28(21-14-18(24)4-6-20(17)21)32(29,30)19-5-7-23(31-3)22(15-19)27-12-9-25-10-13-27/h4-7,14-16,25H,8-13H2,1-3H3. The first-order valence-electron chi connectivity index (χ1n) is 10.6. The summed E-state index contributed by atoms with van der Waals surface area (Å²) >= 11 is 0. The van der Waals surface area contributed by atoms with Crippen LogP contribution in [0.4, 0.5) is 10.1 Å². The van der Waals surface area contributed by atoms with Gasteiger partial charge < -0.3 is 19.9 Å². The first kappa shape index (κ1) is 22.6. The lowest BCUT2D eigenvalue weighted by molar-refractivity contribution is 0.412. The molecule has 0 bridgehead atoms. The third-order valence-electron chi connectivity index (χ3n) is 5.81. The fourth-order valence-corrected chi connectivity index (χ4v) is 5.48. The monoisotopic (exact) mass is 460 g/mol. The van der Waals surface area contributed by atoms with Crippen LogP contribution in [0.15, 0.2) is 47.5 Å². The highest BCUT2D eigenvalue weighted by molar-refractivity contribution is 7.90. The van der Waals surface area contributed by atoms with Crippen molar-refractivity contribution in [1.82, 2.24) is 14.2 Å². The summed E-state index contributed by atoms with van der Waals surface area (Å²) in [5, 5.41) is 4.04. The van der Waals surface area contributed by atoms with Crippen LogP contribution < -0.4 is 15.0 Å². The average Bonchev–Trinajstić information content (AvgIpc) is 3.16. The first-order chi connectivity index (χ1) is 15.3. The molecule has 0 atom stereocenters. The van der Waals surface area contributed by atoms with Crippen LogP contribution in [0, 0.1) is 5.82 Å². The number of methoxy groups -OCH3 is 1. The van der Waals surface area contributed by atoms with Crippen LogP contribution in [0.5, 0.6) is 5.75 Å². The van der Waals surface area contributed by atoms with Gasteiger partial charge in [0.2, 0.25) is 0 Å². The number of halogens is 1. The van der Waals surface area contributed by atoms with Crippen LogP contribution in [0.25, 0.3) is 10.9 Å². The molecule has 2 heterocycles. The molecule has 4 rings (SSSR count). The van der Waals surface area contributed by atoms with Crippen LogP contribution in [-0.2, 0) is 16.4 Å². The first-order valence-corrected chi connectivity index (χ1v) is 12.1. The number of hydrogen-bond acceptors (Lipinski definition) is 6. The Bertz CT molecular complexity index is 1220. The van der Waals surface area contributed by atoms with Gasteiger partial charge in [-0.2, -0.15) is 0 Å². The molecule has 1 aromatic heterocycles. The summed E-state index contributed by atoms with van der Waals surface area (Å²) in [6, 6.07) is 9.20. The molecule has 172 valence electrons. The molecule has 0 amide bonds. The molecule has 1 saturated heterocycles. The highest BCUT2D eigenvalue weighted by Gasteiger charge is 2.25. The number of rotatable bonds is 7. The summed E-state index contributed by atoms with van der Waals surface area (Å²) < 4.78 is 48.2. The van der Waals surface area contributed by atoms with Crippen molar-refractivity contribution in [3.63, 3.8) is 0 Å². The number of nitrogens with zero attached hydrogens (tertiary/aromatic N) is 3. The summed E-state index contributed by atoms with van der Waals surface area (Å²) in [7, 11) is 1.56. The van der Waals surface area contributed by atoms with Gasteiger partial charge in [-0.3, -0.25) is 0 Å². The highest BCUT2D eigenvalue weighted by atomic mass is 32.2. The Morgan fingerprint density at radius 1 is 1.12 bits per heavy atom. The number of fused-ring (bicyclic) bond motifs is 1. The van der Waals surface area contributed by atoms with Gasteiger partial charge in [0.15, 0.2) is 0 Å². The molecule has 1 aliphatic heterocycles. The zero-order valence-electron chi connectivity index (χ0n) is 18.6. The number of likely N-dealkylation sites (N-methyl/N-ethyl adjacent to an activating group) is 1. The topological polar surface area (TPSA) is 66.8 Å². The molecule has 32 heavy (non-hydrogen) atoms. The quantitative estimate of drug-likeness (QED) is 0.585. The van der Waals surface area contributed by atoms with E-state index >= 15 is 0 Å². The second-order valence-corrected chi connectivity index (χ2v) is 10.1. The summed E-state index contributed by atoms with van der Waals surface area (Å²) in [6.45, 7) is 3.90. The van der Waals surface area contributed by atoms with E-state index in [1.54, 1.807) is 37.6 Å². The van der Waals surface area contributed by atoms with Crippen LogP contribution in [0.3, 0.4) is 0 Å². The normalized spacial score (nSPS) is 15.0. The van der Waals surface area contributed by atoms with Gasteiger partial charge in [0, 0.05) is 44.3 Å². The van der Waals surface area contributed by atoms with E-state index in [9.17, 15) is 12.8 Å². The fraction of sp³-hybridized carbons (Fsp3) is 0.391. The van der Waals surface area contributed by atoms with Gasteiger partial charge in [-0.15, -0.1) is 0 Å². The predicted molar refractivity (Wildman–Crippen MR) is 125 cm³/mol. The molecule has 3 aromatic rings. The second-order valence-electron chi connectivity index (χ2n) is 8.24. The number of hydrogen-bond donors (Lipinski definition) is 1. The molecular weight excluding hydrogens is 431 g/mol. The fourth-order valence-electron chi connectivity index (χ4n) is 4.08. The number of piperazine rings is 1. The highest BCUT2D eigenvalue weighted by Crippen LogP contribution is 2.33. The number of aromatic nitrogens is 1. The maximum atomic E-state index is 14.1. The Morgan fingerprint density at radius 2 is 1.88 bits per heavy atom. The van der Waals surface area contributed by atoms with Gasteiger partial charge in [-0.05, 0) is 62.5 Å². The zero-order chi connectivity index (χ0) is 22.9. The predicted octanol–water partition coefficient (Wildman–Crippen LogP) is 2.54. The van der Waals surface area contributed by atoms with Crippen LogP contribution in [0.2, 0.25) is 0 Å². The number of benzene rings is 2. The maximum Gasteiger partial charge on any atom is 0.268 e. The molecule has 7 nitrogen and oxygen atoms in total. The SMILES string of the molecule is COc1ccc(S(=O)(=O)n2cc(CCN(C)C)c3ccc(F)cc32)cc1N1CCNCC1. The average molecular weight is 461 g/mol. The third-order valence-corrected chi connectivity index (χ3v) is 7.48. The Hall–Kier alpha value is -2.62. The minimum absolute atomic E-state index is 0.146. The van der Waals surface area contributed by atoms with E-state index in [4.69, 9.17) is 4.74 Å². The lowest BCUT2D eigenvalue weighted by Gasteiger charge is -2.30. The van der Waals surface area contributed by atoms with E-state index in [0.717, 1.165) is 49.4 Å². The van der Waals surface area contributed by atoms with Crippen molar-refractivity contribution in [2.24, 2.45) is 0 Å². The van der Waals surface area contributed by atoms with Crippen molar-refractivity contribution in [3.05, 3.63) is 54.0 Å². The van der Waals surface area contributed by atoms with E-state index in [-0.39, 0.29) is 4.90 Å². The smallest absolute Gasteiger partial charge is 0.268 e. The lowest BCUT2D eigenvalue weighted by atomic mass is 10.1. The summed E-state index contributed by atoms with van der Waals surface area (Å²) in [4.78, 5) is 4.29. The molecular formula is C23H29FN4O3S. The van der Waals surface area contributed by atoms with Crippen LogP contribution >= 0.6 is 0 Å². The molecule has 0 radical (unpaired) electrons. The molecule has 0 unspecified atom stereocenters. The van der Waals surface area contributed by atoms with Gasteiger partial charge >= 0.3 is 0 Å². The van der Waals surface area contributed by atoms with Gasteiger partial charge in [-0.25, -0.2) is 16.8 Å². The van der Waals surface area contributed by atoms with Gasteiger partial charge in [0.05, 0.1) is 23.2 Å². The lowest BCUT2D eigenvalue weighted by Crippen LogP contribution is -2.43. The van der Waals surface area contributed by atoms with Crippen molar-refractivity contribution >= 4 is 26.6 Å². The van der Waals surface area contributed by atoms with E-state index in [1.165, 1.54) is 16.1 Å². The molecule has 1 N–H and O–H groups in total. The maximum absolute atomic E-state index is 14.1. The number of nitrogens with one attached hydrogen (secondary N) is 1. The van der Waals surface area contributed by atoms with Crippen molar-refractivity contribution < 1.29 is 17.5 Å². The Labute approximate surface area is 188 Å². The van der Waals surface area contributed by atoms with Gasteiger partial charge in [0.25, 0.3) is 10.0 Å². The minimum Gasteiger partial charge on any atom is -0.495 e. The Morgan fingerprint density at radius 3 is 2.56 bits per heavy atom. The van der Waals surface area contributed by atoms with Gasteiger partial charge in [0.1, 0.15) is 11.6 Å². The Balaban J connectivity index is 1.82. The molecule has 1 fully saturated rings. The molecule has 0 aliphatic carbocycles. The van der Waals surface area contributed by atoms with E-state index in [2.05, 4.69) is 10.2 Å². The van der Waals surface area contributed by atoms with Crippen molar-refractivity contribution in [3.8, 4) is 5.75 Å². The van der Waals surface area contributed by atoms with E-state index in [1.807, 2.05) is 19.0 Å². The number of ether oxygens (including phenoxy) is 1. The van der Waals surface area contributed by atoms with Crippen LogP contribution in [0.1, 0.15) is 5.56 Å². The van der Waals surface area contributed by atoms with Crippen LogP contribution in [-0.4, -0.2) is 71.2 Å². The molecule has 1 aliphatic rings. The molecule has 0 spiro atoms. The summed E-state index contributed by atoms with van der Waals surface area (Å²) in [5.74, 6) is 0.156. The molecule has 9 heteroatoms. The Kier molecular flexibility index (Phi) is 6.41. The second kappa shape index (κ2) is 9.09. The molecule has 0 saturated carbocycles. The number of anilines is 1. The third kappa shape index (κ3) is 4.32. The summed E-state index contributed by atoms with van der Waals surface area (Å²) in [5.41, 5.74) is 1.96. The van der Waals surface area contributed by atoms with Crippen molar-refractivity contribution in [2.75, 3.05) is 58.8 Å². The van der Waals surface area contributed by atoms with Gasteiger partial charge in [-0.1, -0.05) is 0 Å². The molecule has 2 aromatic carbocycles. The zero-order valence-corrected chi connectivity index (χ0v) is 19.5. The van der Waals surface area contributed by atoms with Crippen molar-refractivity contribution in [2.45, 2.75) is 11.3 Å². The van der Waals surface area contributed by atoms with Crippen molar-refractivity contribution in [1.29, 1.82) is 0 Å². The largest absolute Gasteiger partial charge is 0.495 e. The minimum atomic E-state index is -3.95. The van der Waals surface area contributed by atoms with E-state index in [0.29, 0.717) is 17.7 Å². The van der Waals surface area contributed by atoms with E-state index < -0.39 is 15.8 Å².